The Bertz CT molecular complexity index is 306. The first-order valence-corrected chi connectivity index (χ1v) is 9.66. The molecule has 0 radical (unpaired) electrons. The van der Waals surface area contributed by atoms with E-state index in [2.05, 4.69) is 6.92 Å². The predicted octanol–water partition coefficient (Wildman–Crippen LogP) is 4.33. The molecule has 0 aromatic rings. The summed E-state index contributed by atoms with van der Waals surface area (Å²) in [5.41, 5.74) is 0. The van der Waals surface area contributed by atoms with Gasteiger partial charge in [-0.2, -0.15) is 0 Å². The first-order valence-electron chi connectivity index (χ1n) is 8.05. The molecule has 0 aromatic carbocycles. The summed E-state index contributed by atoms with van der Waals surface area (Å²) in [4.78, 5) is 0. The van der Waals surface area contributed by atoms with Crippen molar-refractivity contribution in [2.24, 2.45) is 5.92 Å². The van der Waals surface area contributed by atoms with Gasteiger partial charge >= 0.3 is 0 Å². The van der Waals surface area contributed by atoms with Gasteiger partial charge in [0, 0.05) is 10.7 Å². The third kappa shape index (κ3) is 14.2. The first-order chi connectivity index (χ1) is 9.85. The summed E-state index contributed by atoms with van der Waals surface area (Å²) in [6.45, 7) is 2.25. The largest absolute Gasteiger partial charge is 0.213 e. The molecule has 0 amide bonds. The van der Waals surface area contributed by atoms with E-state index in [1.807, 2.05) is 0 Å². The van der Waals surface area contributed by atoms with Crippen molar-refractivity contribution < 1.29 is 8.42 Å². The zero-order valence-electron chi connectivity index (χ0n) is 12.9. The second kappa shape index (κ2) is 16.8. The Kier molecular flexibility index (Phi) is 16.6. The quantitative estimate of drug-likeness (QED) is 0.353. The van der Waals surface area contributed by atoms with Gasteiger partial charge in [-0.1, -0.05) is 64.7 Å². The van der Waals surface area contributed by atoms with Crippen molar-refractivity contribution in [3.8, 4) is 0 Å². The molecule has 0 bridgehead atoms. The Morgan fingerprint density at radius 3 is 2.00 bits per heavy atom. The maximum Gasteiger partial charge on any atom is 0.0841 e. The molecule has 0 aliphatic heterocycles. The molecule has 1 atom stereocenters. The molecule has 0 saturated heterocycles. The minimum atomic E-state index is 0.557. The molecule has 118 valence electrons. The molecule has 1 unspecified atom stereocenters. The van der Waals surface area contributed by atoms with Gasteiger partial charge in [0.05, 0.1) is 22.5 Å². The fourth-order valence-electron chi connectivity index (χ4n) is 2.47. The van der Waals surface area contributed by atoms with Crippen LogP contribution < -0.4 is 0 Å². The molecule has 0 N–H and O–H groups in total. The van der Waals surface area contributed by atoms with Crippen LogP contribution in [0.1, 0.15) is 84.0 Å². The number of rotatable bonds is 14. The Hall–Kier alpha value is -0.220. The zero-order chi connectivity index (χ0) is 14.9. The number of unbranched alkanes of at least 4 members (excludes halogenated alkanes) is 7. The summed E-state index contributed by atoms with van der Waals surface area (Å²) in [6.07, 6.45) is 14.8. The van der Waals surface area contributed by atoms with Gasteiger partial charge in [0.25, 0.3) is 0 Å². The lowest BCUT2D eigenvalue weighted by Crippen LogP contribution is -2.02. The van der Waals surface area contributed by atoms with E-state index in [9.17, 15) is 8.42 Å². The summed E-state index contributed by atoms with van der Waals surface area (Å²) in [7, 11) is 0. The van der Waals surface area contributed by atoms with Gasteiger partial charge in [-0.15, -0.1) is 0 Å². The minimum absolute atomic E-state index is 0.557. The summed E-state index contributed by atoms with van der Waals surface area (Å²) in [6, 6.07) is 0. The average molecular weight is 319 g/mol. The van der Waals surface area contributed by atoms with Gasteiger partial charge in [-0.3, -0.25) is 0 Å². The lowest BCUT2D eigenvalue weighted by atomic mass is 9.94. The third-order valence-electron chi connectivity index (χ3n) is 3.72. The molecule has 4 heteroatoms. The maximum atomic E-state index is 10.5. The summed E-state index contributed by atoms with van der Waals surface area (Å²) in [5, 5.41) is 3.49. The average Bonchev–Trinajstić information content (AvgIpc) is 2.47. The van der Waals surface area contributed by atoms with Crippen molar-refractivity contribution in [1.29, 1.82) is 0 Å². The van der Waals surface area contributed by atoms with E-state index in [0.717, 1.165) is 19.3 Å². The molecular formula is C16H30O2S2. The fourth-order valence-corrected chi connectivity index (χ4v) is 3.06. The van der Waals surface area contributed by atoms with Crippen LogP contribution in [0, 0.1) is 5.92 Å². The first kappa shape index (κ1) is 19.8. The SMILES string of the molecule is CCCCCCCCCCC(CC=S=O)CCC=S=O. The van der Waals surface area contributed by atoms with Crippen LogP contribution in [-0.4, -0.2) is 19.2 Å². The summed E-state index contributed by atoms with van der Waals surface area (Å²) in [5.74, 6) is 0.583. The van der Waals surface area contributed by atoms with Crippen molar-refractivity contribution in [2.45, 2.75) is 84.0 Å². The van der Waals surface area contributed by atoms with Gasteiger partial charge in [-0.25, -0.2) is 8.42 Å². The van der Waals surface area contributed by atoms with Crippen LogP contribution in [0.15, 0.2) is 0 Å². The zero-order valence-corrected chi connectivity index (χ0v) is 14.5. The standard InChI is InChI=1S/C16H30O2S2/c1-2-3-4-5-6-7-8-9-11-16(13-15-20-18)12-10-14-19-17/h14-16H,2-13H2,1H3. The van der Waals surface area contributed by atoms with Crippen molar-refractivity contribution >= 4 is 33.2 Å². The van der Waals surface area contributed by atoms with Gasteiger partial charge in [-0.05, 0) is 25.2 Å². The molecule has 0 aliphatic carbocycles. The van der Waals surface area contributed by atoms with E-state index in [1.54, 1.807) is 10.7 Å². The molecule has 0 rings (SSSR count). The molecule has 0 aromatic heterocycles. The normalized spacial score (nSPS) is 11.8. The van der Waals surface area contributed by atoms with Crippen molar-refractivity contribution in [2.75, 3.05) is 0 Å². The fraction of sp³-hybridized carbons (Fsp3) is 0.875. The summed E-state index contributed by atoms with van der Waals surface area (Å²) < 4.78 is 20.8. The highest BCUT2D eigenvalue weighted by Crippen LogP contribution is 2.19. The molecule has 20 heavy (non-hydrogen) atoms. The van der Waals surface area contributed by atoms with Crippen LogP contribution in [-0.2, 0) is 22.5 Å². The van der Waals surface area contributed by atoms with Gasteiger partial charge in [0.2, 0.25) is 0 Å². The predicted molar refractivity (Wildman–Crippen MR) is 93.0 cm³/mol. The molecule has 0 spiro atoms. The van der Waals surface area contributed by atoms with Crippen LogP contribution in [0.25, 0.3) is 0 Å². The van der Waals surface area contributed by atoms with Crippen molar-refractivity contribution in [3.05, 3.63) is 0 Å². The van der Waals surface area contributed by atoms with Crippen molar-refractivity contribution in [1.82, 2.24) is 0 Å². The Balaban J connectivity index is 3.61. The second-order valence-corrected chi connectivity index (χ2v) is 6.52. The smallest absolute Gasteiger partial charge is 0.0841 e. The van der Waals surface area contributed by atoms with Gasteiger partial charge in [0.1, 0.15) is 0 Å². The van der Waals surface area contributed by atoms with Gasteiger partial charge < -0.3 is 0 Å². The Labute approximate surface area is 131 Å². The van der Waals surface area contributed by atoms with Crippen molar-refractivity contribution in [3.63, 3.8) is 0 Å². The molecule has 0 saturated carbocycles. The lowest BCUT2D eigenvalue weighted by molar-refractivity contribution is 0.445. The van der Waals surface area contributed by atoms with Crippen LogP contribution in [0.5, 0.6) is 0 Å². The molecular weight excluding hydrogens is 288 g/mol. The van der Waals surface area contributed by atoms with E-state index in [-0.39, 0.29) is 0 Å². The Morgan fingerprint density at radius 1 is 0.800 bits per heavy atom. The van der Waals surface area contributed by atoms with Crippen LogP contribution >= 0.6 is 0 Å². The van der Waals surface area contributed by atoms with Crippen LogP contribution in [0.4, 0.5) is 0 Å². The highest BCUT2D eigenvalue weighted by molar-refractivity contribution is 7.65. The van der Waals surface area contributed by atoms with E-state index in [0.29, 0.717) is 28.4 Å². The third-order valence-corrected chi connectivity index (χ3v) is 4.42. The topological polar surface area (TPSA) is 34.1 Å². The number of hydrogen-bond donors (Lipinski definition) is 0. The highest BCUT2D eigenvalue weighted by atomic mass is 32.1. The molecule has 0 heterocycles. The lowest BCUT2D eigenvalue weighted by Gasteiger charge is -2.12. The minimum Gasteiger partial charge on any atom is -0.213 e. The monoisotopic (exact) mass is 318 g/mol. The van der Waals surface area contributed by atoms with Crippen LogP contribution in [0.2, 0.25) is 0 Å². The number of hydrogen-bond acceptors (Lipinski definition) is 2. The summed E-state index contributed by atoms with van der Waals surface area (Å²) >= 11 is 1.13. The highest BCUT2D eigenvalue weighted by Gasteiger charge is 2.06. The molecule has 0 fully saturated rings. The van der Waals surface area contributed by atoms with E-state index in [4.69, 9.17) is 0 Å². The van der Waals surface area contributed by atoms with Gasteiger partial charge in [0.15, 0.2) is 0 Å². The van der Waals surface area contributed by atoms with E-state index < -0.39 is 0 Å². The van der Waals surface area contributed by atoms with E-state index in [1.165, 1.54) is 57.8 Å². The molecule has 0 aliphatic rings. The maximum absolute atomic E-state index is 10.5. The second-order valence-electron chi connectivity index (χ2n) is 5.47. The molecule has 2 nitrogen and oxygen atoms in total. The van der Waals surface area contributed by atoms with E-state index >= 15 is 0 Å². The Morgan fingerprint density at radius 2 is 1.40 bits per heavy atom. The van der Waals surface area contributed by atoms with Crippen LogP contribution in [0.3, 0.4) is 0 Å².